The second kappa shape index (κ2) is 5.64. The molecule has 2 heterocycles. The van der Waals surface area contributed by atoms with Gasteiger partial charge in [-0.05, 0) is 28.1 Å². The summed E-state index contributed by atoms with van der Waals surface area (Å²) in [6, 6.07) is 3.97. The molecule has 106 valence electrons. The third-order valence-electron chi connectivity index (χ3n) is 2.09. The molecule has 2 aromatic rings. The molecular weight excluding hydrogens is 394 g/mol. The van der Waals surface area contributed by atoms with E-state index in [2.05, 4.69) is 25.6 Å². The number of anilines is 1. The third-order valence-corrected chi connectivity index (χ3v) is 5.75. The molecule has 0 unspecified atom stereocenters. The minimum absolute atomic E-state index is 0.190. The van der Waals surface area contributed by atoms with E-state index < -0.39 is 20.6 Å². The van der Waals surface area contributed by atoms with E-state index in [1.807, 2.05) is 0 Å². The van der Waals surface area contributed by atoms with Gasteiger partial charge in [-0.2, -0.15) is 0 Å². The number of nitrogens with one attached hydrogen (secondary N) is 1. The monoisotopic (exact) mass is 397 g/mol. The second-order valence-corrected chi connectivity index (χ2v) is 7.83. The number of sulfonamides is 1. The molecule has 7 nitrogen and oxygen atoms in total. The highest BCUT2D eigenvalue weighted by atomic mass is 79.9. The van der Waals surface area contributed by atoms with Gasteiger partial charge in [0, 0.05) is 6.07 Å². The smallest absolute Gasteiger partial charge is 0.277 e. The first-order chi connectivity index (χ1) is 9.29. The molecule has 0 atom stereocenters. The fourth-order valence-corrected chi connectivity index (χ4v) is 4.18. The predicted molar refractivity (Wildman–Crippen MR) is 78.7 cm³/mol. The van der Waals surface area contributed by atoms with Gasteiger partial charge in [-0.3, -0.25) is 14.8 Å². The van der Waals surface area contributed by atoms with Gasteiger partial charge in [-0.25, -0.2) is 13.4 Å². The molecule has 0 amide bonds. The van der Waals surface area contributed by atoms with Gasteiger partial charge in [0.05, 0.1) is 16.8 Å². The summed E-state index contributed by atoms with van der Waals surface area (Å²) in [7, 11) is -3.94. The maximum absolute atomic E-state index is 12.1. The van der Waals surface area contributed by atoms with E-state index in [0.29, 0.717) is 15.9 Å². The Morgan fingerprint density at radius 1 is 1.45 bits per heavy atom. The first-order valence-electron chi connectivity index (χ1n) is 4.88. The molecule has 2 rings (SSSR count). The number of pyridine rings is 1. The fourth-order valence-electron chi connectivity index (χ4n) is 1.24. The third kappa shape index (κ3) is 3.26. The van der Waals surface area contributed by atoms with Crippen LogP contribution in [0.3, 0.4) is 0 Å². The summed E-state index contributed by atoms with van der Waals surface area (Å²) in [6.45, 7) is 0. The summed E-state index contributed by atoms with van der Waals surface area (Å²) in [5.74, 6) is 0. The Hall–Kier alpha value is -1.23. The van der Waals surface area contributed by atoms with Crippen molar-refractivity contribution in [2.75, 3.05) is 4.72 Å². The van der Waals surface area contributed by atoms with Crippen LogP contribution in [0.5, 0.6) is 0 Å². The van der Waals surface area contributed by atoms with E-state index in [9.17, 15) is 18.5 Å². The quantitative estimate of drug-likeness (QED) is 0.484. The number of thiophene rings is 1. The number of aromatic nitrogens is 1. The van der Waals surface area contributed by atoms with Crippen molar-refractivity contribution < 1.29 is 13.3 Å². The van der Waals surface area contributed by atoms with Crippen LogP contribution >= 0.6 is 38.9 Å². The first kappa shape index (κ1) is 15.2. The molecule has 0 aromatic carbocycles. The van der Waals surface area contributed by atoms with Crippen molar-refractivity contribution in [3.63, 3.8) is 0 Å². The topological polar surface area (TPSA) is 102 Å². The Morgan fingerprint density at radius 2 is 2.15 bits per heavy atom. The Balaban J connectivity index is 2.33. The molecule has 0 radical (unpaired) electrons. The van der Waals surface area contributed by atoms with Crippen LogP contribution in [0.15, 0.2) is 33.2 Å². The average molecular weight is 399 g/mol. The normalized spacial score (nSPS) is 11.3. The lowest BCUT2D eigenvalue weighted by molar-refractivity contribution is -0.384. The standard InChI is InChI=1S/C9H5BrClN3O4S2/c10-7-2-1-5(4-12-7)13-20(17,18)8-3-6(14(15)16)9(11)19-8/h1-4,13H. The Kier molecular flexibility index (Phi) is 4.28. The van der Waals surface area contributed by atoms with Gasteiger partial charge in [0.25, 0.3) is 15.7 Å². The molecule has 0 saturated carbocycles. The van der Waals surface area contributed by atoms with Crippen LogP contribution < -0.4 is 4.72 Å². The zero-order valence-electron chi connectivity index (χ0n) is 9.41. The van der Waals surface area contributed by atoms with Crippen LogP contribution in [-0.2, 0) is 10.0 Å². The number of hydrogen-bond acceptors (Lipinski definition) is 6. The Morgan fingerprint density at radius 3 is 2.65 bits per heavy atom. The van der Waals surface area contributed by atoms with Gasteiger partial charge in [0.2, 0.25) is 0 Å². The van der Waals surface area contributed by atoms with Crippen molar-refractivity contribution in [3.8, 4) is 0 Å². The molecule has 1 N–H and O–H groups in total. The molecule has 0 aliphatic carbocycles. The minimum Gasteiger partial charge on any atom is -0.277 e. The number of nitro groups is 1. The van der Waals surface area contributed by atoms with Gasteiger partial charge >= 0.3 is 0 Å². The first-order valence-corrected chi connectivity index (χ1v) is 8.35. The van der Waals surface area contributed by atoms with Crippen LogP contribution in [0.2, 0.25) is 4.34 Å². The van der Waals surface area contributed by atoms with E-state index in [0.717, 1.165) is 6.07 Å². The molecule has 2 aromatic heterocycles. The van der Waals surface area contributed by atoms with Crippen LogP contribution in [0.4, 0.5) is 11.4 Å². The Labute approximate surface area is 130 Å². The number of rotatable bonds is 4. The van der Waals surface area contributed by atoms with Gasteiger partial charge in [-0.1, -0.05) is 11.6 Å². The SMILES string of the molecule is O=[N+]([O-])c1cc(S(=O)(=O)Nc2ccc(Br)nc2)sc1Cl. The number of nitrogens with zero attached hydrogens (tertiary/aromatic N) is 2. The predicted octanol–water partition coefficient (Wildman–Crippen LogP) is 3.27. The van der Waals surface area contributed by atoms with E-state index in [4.69, 9.17) is 11.6 Å². The molecule has 20 heavy (non-hydrogen) atoms. The average Bonchev–Trinajstić information content (AvgIpc) is 2.75. The highest BCUT2D eigenvalue weighted by molar-refractivity contribution is 9.10. The van der Waals surface area contributed by atoms with Gasteiger partial charge in [0.1, 0.15) is 8.81 Å². The van der Waals surface area contributed by atoms with E-state index in [1.54, 1.807) is 6.07 Å². The van der Waals surface area contributed by atoms with Crippen LogP contribution in [0, 0.1) is 10.1 Å². The lowest BCUT2D eigenvalue weighted by atomic mass is 10.4. The van der Waals surface area contributed by atoms with Gasteiger partial charge in [-0.15, -0.1) is 11.3 Å². The van der Waals surface area contributed by atoms with Crippen LogP contribution in [0.25, 0.3) is 0 Å². The van der Waals surface area contributed by atoms with E-state index in [-0.39, 0.29) is 14.2 Å². The summed E-state index contributed by atoms with van der Waals surface area (Å²) in [4.78, 5) is 13.8. The van der Waals surface area contributed by atoms with Crippen molar-refractivity contribution in [1.29, 1.82) is 0 Å². The molecular formula is C9H5BrClN3O4S2. The van der Waals surface area contributed by atoms with E-state index in [1.165, 1.54) is 12.3 Å². The van der Waals surface area contributed by atoms with Crippen LogP contribution in [0.1, 0.15) is 0 Å². The summed E-state index contributed by atoms with van der Waals surface area (Å²) in [5.41, 5.74) is -0.202. The van der Waals surface area contributed by atoms with Crippen molar-refractivity contribution in [1.82, 2.24) is 4.98 Å². The van der Waals surface area contributed by atoms with Gasteiger partial charge < -0.3 is 0 Å². The van der Waals surface area contributed by atoms with E-state index >= 15 is 0 Å². The summed E-state index contributed by atoms with van der Waals surface area (Å²) >= 11 is 9.37. The van der Waals surface area contributed by atoms with Crippen molar-refractivity contribution >= 4 is 60.3 Å². The zero-order valence-corrected chi connectivity index (χ0v) is 13.4. The maximum atomic E-state index is 12.1. The molecule has 0 aliphatic rings. The second-order valence-electron chi connectivity index (χ2n) is 3.46. The summed E-state index contributed by atoms with van der Waals surface area (Å²) < 4.78 is 26.5. The summed E-state index contributed by atoms with van der Waals surface area (Å²) in [6.07, 6.45) is 1.31. The highest BCUT2D eigenvalue weighted by Gasteiger charge is 2.25. The zero-order chi connectivity index (χ0) is 14.9. The largest absolute Gasteiger partial charge is 0.300 e. The maximum Gasteiger partial charge on any atom is 0.300 e. The molecule has 11 heteroatoms. The molecule has 0 bridgehead atoms. The number of hydrogen-bond donors (Lipinski definition) is 1. The molecule has 0 aliphatic heterocycles. The van der Waals surface area contributed by atoms with Crippen molar-refractivity contribution in [3.05, 3.63) is 43.4 Å². The Bertz CT molecular complexity index is 760. The minimum atomic E-state index is -3.94. The fraction of sp³-hybridized carbons (Fsp3) is 0. The molecule has 0 fully saturated rings. The van der Waals surface area contributed by atoms with Gasteiger partial charge in [0.15, 0.2) is 4.34 Å². The van der Waals surface area contributed by atoms with Crippen molar-refractivity contribution in [2.45, 2.75) is 4.21 Å². The summed E-state index contributed by atoms with van der Waals surface area (Å²) in [5, 5.41) is 10.7. The molecule has 0 spiro atoms. The number of halogens is 2. The highest BCUT2D eigenvalue weighted by Crippen LogP contribution is 2.36. The lowest BCUT2D eigenvalue weighted by Gasteiger charge is -2.04. The van der Waals surface area contributed by atoms with Crippen molar-refractivity contribution in [2.24, 2.45) is 0 Å². The molecule has 0 saturated heterocycles. The lowest BCUT2D eigenvalue weighted by Crippen LogP contribution is -2.11. The van der Waals surface area contributed by atoms with Crippen LogP contribution in [-0.4, -0.2) is 18.3 Å².